The first-order chi connectivity index (χ1) is 13.4. The normalized spacial score (nSPS) is 15.2. The number of hydrogen-bond acceptors (Lipinski definition) is 3. The van der Waals surface area contributed by atoms with Gasteiger partial charge in [0.05, 0.1) is 13.0 Å². The molecule has 1 heterocycles. The monoisotopic (exact) mass is 393 g/mol. The molecule has 3 rings (SSSR count). The SMILES string of the molecule is COC(=O)C1CN(c2cc(C)cc(-c3cc(C(C)(C)C)cc(C(C)(C)C)c3)c2)C1. The number of carbonyl (C=O) groups is 1. The van der Waals surface area contributed by atoms with Gasteiger partial charge in [-0.15, -0.1) is 0 Å². The van der Waals surface area contributed by atoms with Crippen LogP contribution in [-0.4, -0.2) is 26.2 Å². The lowest BCUT2D eigenvalue weighted by Gasteiger charge is -2.39. The summed E-state index contributed by atoms with van der Waals surface area (Å²) in [5, 5.41) is 0. The van der Waals surface area contributed by atoms with Crippen molar-refractivity contribution in [2.24, 2.45) is 5.92 Å². The summed E-state index contributed by atoms with van der Waals surface area (Å²) in [6, 6.07) is 13.7. The molecular weight excluding hydrogens is 358 g/mol. The van der Waals surface area contributed by atoms with Crippen LogP contribution in [0, 0.1) is 12.8 Å². The number of anilines is 1. The number of methoxy groups -OCH3 is 1. The first kappa shape index (κ1) is 21.4. The Labute approximate surface area is 176 Å². The molecule has 0 saturated carbocycles. The molecular formula is C26H35NO2. The standard InChI is InChI=1S/C26H35NO2/c1-17-9-18(13-23(10-17)27-15-20(16-27)24(28)29-8)19-11-21(25(2,3)4)14-22(12-19)26(5,6)7/h9-14,20H,15-16H2,1-8H3. The second-order valence-electron chi connectivity index (χ2n) is 10.5. The van der Waals surface area contributed by atoms with Crippen molar-refractivity contribution < 1.29 is 9.53 Å². The average Bonchev–Trinajstić information content (AvgIpc) is 2.58. The lowest BCUT2D eigenvalue weighted by Crippen LogP contribution is -2.50. The van der Waals surface area contributed by atoms with Crippen molar-refractivity contribution in [3.05, 3.63) is 53.1 Å². The van der Waals surface area contributed by atoms with Crippen LogP contribution in [0.1, 0.15) is 58.2 Å². The van der Waals surface area contributed by atoms with E-state index in [4.69, 9.17) is 4.74 Å². The highest BCUT2D eigenvalue weighted by Crippen LogP contribution is 2.36. The Morgan fingerprint density at radius 1 is 0.862 bits per heavy atom. The van der Waals surface area contributed by atoms with Crippen LogP contribution in [0.5, 0.6) is 0 Å². The lowest BCUT2D eigenvalue weighted by molar-refractivity contribution is -0.146. The van der Waals surface area contributed by atoms with Crippen molar-refractivity contribution in [2.75, 3.05) is 25.1 Å². The summed E-state index contributed by atoms with van der Waals surface area (Å²) in [4.78, 5) is 14.0. The molecule has 1 aliphatic rings. The zero-order valence-electron chi connectivity index (χ0n) is 19.2. The van der Waals surface area contributed by atoms with Crippen molar-refractivity contribution in [1.29, 1.82) is 0 Å². The first-order valence-electron chi connectivity index (χ1n) is 10.5. The zero-order chi connectivity index (χ0) is 21.6. The Morgan fingerprint density at radius 3 is 1.86 bits per heavy atom. The second-order valence-corrected chi connectivity index (χ2v) is 10.5. The Balaban J connectivity index is 2.01. The fraction of sp³-hybridized carbons (Fsp3) is 0.500. The molecule has 1 saturated heterocycles. The van der Waals surface area contributed by atoms with E-state index in [2.05, 4.69) is 89.8 Å². The molecule has 2 aromatic carbocycles. The van der Waals surface area contributed by atoms with Gasteiger partial charge in [0, 0.05) is 18.8 Å². The maximum atomic E-state index is 11.7. The van der Waals surface area contributed by atoms with Gasteiger partial charge >= 0.3 is 5.97 Å². The largest absolute Gasteiger partial charge is 0.469 e. The highest BCUT2D eigenvalue weighted by molar-refractivity contribution is 5.78. The summed E-state index contributed by atoms with van der Waals surface area (Å²) in [6.07, 6.45) is 0. The summed E-state index contributed by atoms with van der Waals surface area (Å²) in [5.74, 6) is -0.123. The summed E-state index contributed by atoms with van der Waals surface area (Å²) >= 11 is 0. The number of benzene rings is 2. The topological polar surface area (TPSA) is 29.5 Å². The van der Waals surface area contributed by atoms with Crippen LogP contribution in [0.3, 0.4) is 0 Å². The number of ether oxygens (including phenoxy) is 1. The summed E-state index contributed by atoms with van der Waals surface area (Å²) in [7, 11) is 1.46. The van der Waals surface area contributed by atoms with Gasteiger partial charge in [0.25, 0.3) is 0 Å². The van der Waals surface area contributed by atoms with Crippen molar-refractivity contribution in [1.82, 2.24) is 0 Å². The molecule has 0 aromatic heterocycles. The van der Waals surface area contributed by atoms with Crippen LogP contribution in [-0.2, 0) is 20.4 Å². The third-order valence-electron chi connectivity index (χ3n) is 5.84. The molecule has 0 N–H and O–H groups in total. The first-order valence-corrected chi connectivity index (χ1v) is 10.5. The Bertz CT molecular complexity index is 877. The molecule has 0 atom stereocenters. The maximum absolute atomic E-state index is 11.7. The zero-order valence-corrected chi connectivity index (χ0v) is 19.2. The van der Waals surface area contributed by atoms with Crippen LogP contribution in [0.4, 0.5) is 5.69 Å². The highest BCUT2D eigenvalue weighted by atomic mass is 16.5. The predicted octanol–water partition coefficient (Wildman–Crippen LogP) is 5.87. The Hall–Kier alpha value is -2.29. The van der Waals surface area contributed by atoms with Crippen LogP contribution in [0.25, 0.3) is 11.1 Å². The second kappa shape index (κ2) is 7.51. The van der Waals surface area contributed by atoms with E-state index in [9.17, 15) is 4.79 Å². The van der Waals surface area contributed by atoms with Crippen LogP contribution >= 0.6 is 0 Å². The van der Waals surface area contributed by atoms with Gasteiger partial charge in [-0.3, -0.25) is 4.79 Å². The van der Waals surface area contributed by atoms with Gasteiger partial charge < -0.3 is 9.64 Å². The minimum absolute atomic E-state index is 0.0133. The number of hydrogen-bond donors (Lipinski definition) is 0. The fourth-order valence-electron chi connectivity index (χ4n) is 3.78. The smallest absolute Gasteiger partial charge is 0.312 e. The van der Waals surface area contributed by atoms with Gasteiger partial charge in [0.2, 0.25) is 0 Å². The Kier molecular flexibility index (Phi) is 5.55. The highest BCUT2D eigenvalue weighted by Gasteiger charge is 2.33. The van der Waals surface area contributed by atoms with Gasteiger partial charge in [-0.05, 0) is 57.7 Å². The van der Waals surface area contributed by atoms with Crippen LogP contribution in [0.2, 0.25) is 0 Å². The number of rotatable bonds is 3. The number of nitrogens with zero attached hydrogens (tertiary/aromatic N) is 1. The van der Waals surface area contributed by atoms with E-state index in [1.807, 2.05) is 0 Å². The maximum Gasteiger partial charge on any atom is 0.312 e. The van der Waals surface area contributed by atoms with Gasteiger partial charge in [-0.2, -0.15) is 0 Å². The van der Waals surface area contributed by atoms with E-state index in [1.54, 1.807) is 0 Å². The average molecular weight is 394 g/mol. The van der Waals surface area contributed by atoms with Crippen molar-refractivity contribution in [3.8, 4) is 11.1 Å². The summed E-state index contributed by atoms with van der Waals surface area (Å²) in [6.45, 7) is 17.2. The van der Waals surface area contributed by atoms with E-state index < -0.39 is 0 Å². The third kappa shape index (κ3) is 4.66. The van der Waals surface area contributed by atoms with E-state index in [-0.39, 0.29) is 22.7 Å². The molecule has 3 heteroatoms. The van der Waals surface area contributed by atoms with E-state index in [0.29, 0.717) is 0 Å². The molecule has 156 valence electrons. The third-order valence-corrected chi connectivity index (χ3v) is 5.84. The minimum atomic E-state index is -0.109. The van der Waals surface area contributed by atoms with Crippen molar-refractivity contribution in [3.63, 3.8) is 0 Å². The van der Waals surface area contributed by atoms with Crippen LogP contribution < -0.4 is 4.90 Å². The quantitative estimate of drug-likeness (QED) is 0.611. The summed E-state index contributed by atoms with van der Waals surface area (Å²) < 4.78 is 4.88. The van der Waals surface area contributed by atoms with E-state index in [0.717, 1.165) is 13.1 Å². The van der Waals surface area contributed by atoms with Gasteiger partial charge in [-0.25, -0.2) is 0 Å². The number of esters is 1. The van der Waals surface area contributed by atoms with E-state index >= 15 is 0 Å². The van der Waals surface area contributed by atoms with Crippen molar-refractivity contribution in [2.45, 2.75) is 59.3 Å². The minimum Gasteiger partial charge on any atom is -0.469 e. The molecule has 2 aromatic rings. The molecule has 0 radical (unpaired) electrons. The molecule has 0 amide bonds. The number of carbonyl (C=O) groups excluding carboxylic acids is 1. The van der Waals surface area contributed by atoms with Gasteiger partial charge in [0.1, 0.15) is 0 Å². The number of aryl methyl sites for hydroxylation is 1. The van der Waals surface area contributed by atoms with Crippen LogP contribution in [0.15, 0.2) is 36.4 Å². The van der Waals surface area contributed by atoms with Gasteiger partial charge in [0.15, 0.2) is 0 Å². The molecule has 3 nitrogen and oxygen atoms in total. The molecule has 0 bridgehead atoms. The lowest BCUT2D eigenvalue weighted by atomic mass is 9.79. The van der Waals surface area contributed by atoms with Gasteiger partial charge in [-0.1, -0.05) is 65.8 Å². The molecule has 29 heavy (non-hydrogen) atoms. The molecule has 0 spiro atoms. The molecule has 0 unspecified atom stereocenters. The molecule has 1 aliphatic heterocycles. The molecule has 0 aliphatic carbocycles. The van der Waals surface area contributed by atoms with E-state index in [1.165, 1.54) is 40.6 Å². The summed E-state index contributed by atoms with van der Waals surface area (Å²) in [5.41, 5.74) is 7.81. The Morgan fingerprint density at radius 2 is 1.38 bits per heavy atom. The molecule has 1 fully saturated rings. The predicted molar refractivity (Wildman–Crippen MR) is 122 cm³/mol. The fourth-order valence-corrected chi connectivity index (χ4v) is 3.78. The van der Waals surface area contributed by atoms with Crippen molar-refractivity contribution >= 4 is 11.7 Å².